The Hall–Kier alpha value is -1.44. The number of benzene rings is 1. The fourth-order valence-corrected chi connectivity index (χ4v) is 7.90. The van der Waals surface area contributed by atoms with Gasteiger partial charge in [-0.2, -0.15) is 11.1 Å². The lowest BCUT2D eigenvalue weighted by atomic mass is 9.90. The number of anilines is 1. The number of nitrogens with zero attached hydrogens (tertiary/aromatic N) is 2. The van der Waals surface area contributed by atoms with Crippen LogP contribution in [0.2, 0.25) is 0 Å². The maximum atomic E-state index is 13.3. The van der Waals surface area contributed by atoms with Gasteiger partial charge in [-0.25, -0.2) is 37.5 Å². The molecule has 0 radical (unpaired) electrons. The summed E-state index contributed by atoms with van der Waals surface area (Å²) in [6.07, 6.45) is 0.725. The zero-order valence-corrected chi connectivity index (χ0v) is 21.5. The Kier molecular flexibility index (Phi) is 7.71. The lowest BCUT2D eigenvalue weighted by Crippen LogP contribution is -2.50. The maximum Gasteiger partial charge on any atom is 0.242 e. The topological polar surface area (TPSA) is 193 Å². The van der Waals surface area contributed by atoms with Crippen LogP contribution in [0.15, 0.2) is 21.9 Å². The summed E-state index contributed by atoms with van der Waals surface area (Å²) in [6.45, 7) is 2.54. The Balaban J connectivity index is 1.77. The van der Waals surface area contributed by atoms with Gasteiger partial charge in [0.05, 0.1) is 5.60 Å². The van der Waals surface area contributed by atoms with Gasteiger partial charge in [0.2, 0.25) is 20.0 Å². The van der Waals surface area contributed by atoms with Crippen molar-refractivity contribution in [3.05, 3.63) is 17.7 Å². The Morgan fingerprint density at radius 3 is 2.37 bits per heavy atom. The van der Waals surface area contributed by atoms with Crippen LogP contribution >= 0.6 is 0 Å². The van der Waals surface area contributed by atoms with Crippen molar-refractivity contribution in [2.75, 3.05) is 51.7 Å². The van der Waals surface area contributed by atoms with Crippen molar-refractivity contribution in [2.45, 2.75) is 46.9 Å². The molecule has 14 nitrogen and oxygen atoms in total. The third-order valence-electron chi connectivity index (χ3n) is 6.52. The van der Waals surface area contributed by atoms with Gasteiger partial charge in [0.1, 0.15) is 16.0 Å². The van der Waals surface area contributed by atoms with Gasteiger partial charge in [-0.15, -0.1) is 0 Å². The van der Waals surface area contributed by atoms with Gasteiger partial charge in [0.25, 0.3) is 0 Å². The van der Waals surface area contributed by atoms with E-state index in [1.807, 2.05) is 23.9 Å². The van der Waals surface area contributed by atoms with Crippen LogP contribution in [-0.4, -0.2) is 85.3 Å². The number of primary sulfonamides is 1. The minimum Gasteiger partial charge on any atom is -0.388 e. The Labute approximate surface area is 206 Å². The van der Waals surface area contributed by atoms with Crippen LogP contribution in [0.4, 0.5) is 5.69 Å². The molecule has 35 heavy (non-hydrogen) atoms. The number of hydrogen-bond donors (Lipinski definition) is 8. The average Bonchev–Trinajstić information content (AvgIpc) is 3.46. The molecule has 3 aliphatic rings. The quantitative estimate of drug-likeness (QED) is 0.169. The molecule has 3 aliphatic heterocycles. The van der Waals surface area contributed by atoms with E-state index in [1.165, 1.54) is 6.07 Å². The molecular weight excluding hydrogens is 498 g/mol. The van der Waals surface area contributed by atoms with Crippen molar-refractivity contribution >= 4 is 25.7 Å². The molecule has 9 N–H and O–H groups in total. The van der Waals surface area contributed by atoms with Crippen LogP contribution in [0.3, 0.4) is 0 Å². The molecule has 3 saturated heterocycles. The molecule has 3 heterocycles. The first kappa shape index (κ1) is 26.6. The van der Waals surface area contributed by atoms with Crippen LogP contribution in [-0.2, 0) is 20.0 Å². The first-order valence-corrected chi connectivity index (χ1v) is 14.5. The average molecular weight is 534 g/mol. The van der Waals surface area contributed by atoms with Crippen LogP contribution < -0.4 is 42.0 Å². The van der Waals surface area contributed by atoms with E-state index in [-0.39, 0.29) is 11.6 Å². The van der Waals surface area contributed by atoms with Crippen LogP contribution in [0, 0.1) is 0 Å². The van der Waals surface area contributed by atoms with E-state index in [1.54, 1.807) is 6.07 Å². The van der Waals surface area contributed by atoms with E-state index >= 15 is 0 Å². The molecule has 0 amide bonds. The second-order valence-electron chi connectivity index (χ2n) is 9.60. The zero-order valence-electron chi connectivity index (χ0n) is 19.8. The standard InChI is InChI=1S/C19H35N9O5S2/c1-27(2)12-19(29)6-9-28(10-7-19)14-3-4-15(35(32,33)24-13-5-8-21-11-13)17(34(20,30)31)16(14)18-22-25-26-23-18/h3-4,13,18,21-26,29H,5-12H2,1-2H3,(H2,20,30,31)/t13-/m1/s1. The number of aliphatic hydroxyl groups is 1. The van der Waals surface area contributed by atoms with Gasteiger partial charge in [0, 0.05) is 43.5 Å². The lowest BCUT2D eigenvalue weighted by molar-refractivity contribution is -0.00542. The summed E-state index contributed by atoms with van der Waals surface area (Å²) in [6, 6.07) is 2.54. The third kappa shape index (κ3) is 5.94. The summed E-state index contributed by atoms with van der Waals surface area (Å²) >= 11 is 0. The number of nitrogens with two attached hydrogens (primary N) is 1. The van der Waals surface area contributed by atoms with E-state index in [2.05, 4.69) is 32.0 Å². The monoisotopic (exact) mass is 533 g/mol. The molecule has 0 bridgehead atoms. The molecule has 1 aromatic carbocycles. The highest BCUT2D eigenvalue weighted by atomic mass is 32.2. The minimum absolute atomic E-state index is 0.176. The summed E-state index contributed by atoms with van der Waals surface area (Å²) in [5, 5.41) is 19.7. The number of hydrogen-bond acceptors (Lipinski definition) is 12. The molecule has 16 heteroatoms. The molecule has 198 valence electrons. The SMILES string of the molecule is CN(C)CC1(O)CCN(c2ccc(S(=O)(=O)N[C@@H]3CCNC3)c(S(N)(=O)=O)c2C2NNNN2)CC1. The van der Waals surface area contributed by atoms with Gasteiger partial charge >= 0.3 is 0 Å². The highest BCUT2D eigenvalue weighted by molar-refractivity contribution is 7.92. The molecule has 0 unspecified atom stereocenters. The summed E-state index contributed by atoms with van der Waals surface area (Å²) in [4.78, 5) is 3.00. The predicted molar refractivity (Wildman–Crippen MR) is 130 cm³/mol. The van der Waals surface area contributed by atoms with Crippen molar-refractivity contribution in [2.24, 2.45) is 5.14 Å². The van der Waals surface area contributed by atoms with Gasteiger partial charge in [0.15, 0.2) is 0 Å². The van der Waals surface area contributed by atoms with Gasteiger partial charge in [-0.1, -0.05) is 0 Å². The first-order chi connectivity index (χ1) is 16.4. The molecule has 3 fully saturated rings. The number of likely N-dealkylation sites (N-methyl/N-ethyl adjacent to an activating group) is 1. The lowest BCUT2D eigenvalue weighted by Gasteiger charge is -2.41. The third-order valence-corrected chi connectivity index (χ3v) is 9.22. The van der Waals surface area contributed by atoms with Crippen molar-refractivity contribution in [1.82, 2.24) is 36.9 Å². The molecule has 0 spiro atoms. The molecule has 0 saturated carbocycles. The van der Waals surface area contributed by atoms with E-state index in [9.17, 15) is 21.9 Å². The second kappa shape index (κ2) is 10.1. The molecular formula is C19H35N9O5S2. The largest absolute Gasteiger partial charge is 0.388 e. The van der Waals surface area contributed by atoms with Gasteiger partial charge < -0.3 is 20.2 Å². The fourth-order valence-electron chi connectivity index (χ4n) is 4.97. The predicted octanol–water partition coefficient (Wildman–Crippen LogP) is -3.02. The maximum absolute atomic E-state index is 13.3. The Morgan fingerprint density at radius 2 is 1.83 bits per heavy atom. The normalized spacial score (nSPS) is 23.9. The summed E-state index contributed by atoms with van der Waals surface area (Å²) in [5.41, 5.74) is 10.8. The fraction of sp³-hybridized carbons (Fsp3) is 0.684. The summed E-state index contributed by atoms with van der Waals surface area (Å²) in [7, 11) is -4.88. The van der Waals surface area contributed by atoms with E-state index in [0.717, 1.165) is 0 Å². The number of piperidine rings is 1. The molecule has 0 aliphatic carbocycles. The van der Waals surface area contributed by atoms with E-state index in [0.29, 0.717) is 57.7 Å². The minimum atomic E-state index is -4.47. The number of nitrogens with one attached hydrogen (secondary N) is 6. The number of hydrazine groups is 3. The number of sulfonamides is 2. The highest BCUT2D eigenvalue weighted by Gasteiger charge is 2.38. The Morgan fingerprint density at radius 1 is 1.17 bits per heavy atom. The highest BCUT2D eigenvalue weighted by Crippen LogP contribution is 2.38. The first-order valence-electron chi connectivity index (χ1n) is 11.5. The van der Waals surface area contributed by atoms with Gasteiger partial charge in [-0.3, -0.25) is 0 Å². The molecule has 1 atom stereocenters. The van der Waals surface area contributed by atoms with E-state index in [4.69, 9.17) is 5.14 Å². The smallest absolute Gasteiger partial charge is 0.242 e. The van der Waals surface area contributed by atoms with Crippen molar-refractivity contribution in [1.29, 1.82) is 0 Å². The summed E-state index contributed by atoms with van der Waals surface area (Å²) in [5.74, 6) is 0. The zero-order chi connectivity index (χ0) is 25.4. The van der Waals surface area contributed by atoms with Gasteiger partial charge in [-0.05, 0) is 52.0 Å². The second-order valence-corrected chi connectivity index (χ2v) is 12.8. The Bertz CT molecular complexity index is 1130. The van der Waals surface area contributed by atoms with E-state index < -0.39 is 41.6 Å². The van der Waals surface area contributed by atoms with Crippen LogP contribution in [0.25, 0.3) is 0 Å². The molecule has 1 aromatic rings. The van der Waals surface area contributed by atoms with Crippen molar-refractivity contribution in [3.63, 3.8) is 0 Å². The van der Waals surface area contributed by atoms with Crippen LogP contribution in [0.5, 0.6) is 0 Å². The van der Waals surface area contributed by atoms with Crippen LogP contribution in [0.1, 0.15) is 31.0 Å². The number of rotatable bonds is 8. The van der Waals surface area contributed by atoms with Crippen molar-refractivity contribution in [3.8, 4) is 0 Å². The molecule has 0 aromatic heterocycles. The van der Waals surface area contributed by atoms with Crippen molar-refractivity contribution < 1.29 is 21.9 Å². The summed E-state index contributed by atoms with van der Waals surface area (Å²) < 4.78 is 55.0. The molecule has 4 rings (SSSR count).